The smallest absolute Gasteiger partial charge is 0.326 e. The van der Waals surface area contributed by atoms with Crippen LogP contribution in [0.1, 0.15) is 12.8 Å². The topological polar surface area (TPSA) is 78.3 Å². The lowest BCUT2D eigenvalue weighted by molar-refractivity contribution is -0.133. The first kappa shape index (κ1) is 12.9. The van der Waals surface area contributed by atoms with Crippen molar-refractivity contribution in [2.75, 3.05) is 13.1 Å². The van der Waals surface area contributed by atoms with Crippen LogP contribution >= 0.6 is 0 Å². The maximum Gasteiger partial charge on any atom is 0.326 e. The number of aromatic amines is 1. The number of likely N-dealkylation sites (tertiary alicyclic amines) is 1. The van der Waals surface area contributed by atoms with Crippen LogP contribution in [0, 0.1) is 0 Å². The van der Waals surface area contributed by atoms with Crippen molar-refractivity contribution in [3.8, 4) is 0 Å². The third-order valence-corrected chi connectivity index (χ3v) is 3.79. The molecular formula is C14H17N3O3. The zero-order chi connectivity index (χ0) is 14.1. The van der Waals surface area contributed by atoms with E-state index in [1.54, 1.807) is 4.90 Å². The molecule has 106 valence electrons. The van der Waals surface area contributed by atoms with Crippen LogP contribution in [0.25, 0.3) is 11.0 Å². The fourth-order valence-electron chi connectivity index (χ4n) is 2.61. The largest absolute Gasteiger partial charge is 0.393 e. The standard InChI is InChI=1S/C14H17N3O3/c18-10-5-7-16(8-6-10)13(19)9-17-12-4-2-1-3-11(12)15-14(17)20/h1-4,10,18H,5-9H2,(H,15,20). The molecule has 0 bridgehead atoms. The summed E-state index contributed by atoms with van der Waals surface area (Å²) in [6.45, 7) is 1.15. The van der Waals surface area contributed by atoms with Gasteiger partial charge in [0, 0.05) is 13.1 Å². The molecular weight excluding hydrogens is 258 g/mol. The predicted octanol–water partition coefficient (Wildman–Crippen LogP) is 0.313. The number of hydrogen-bond acceptors (Lipinski definition) is 3. The molecule has 2 N–H and O–H groups in total. The number of hydrogen-bond donors (Lipinski definition) is 2. The van der Waals surface area contributed by atoms with E-state index in [2.05, 4.69) is 4.98 Å². The van der Waals surface area contributed by atoms with E-state index in [1.165, 1.54) is 4.57 Å². The first-order valence-electron chi connectivity index (χ1n) is 6.78. The van der Waals surface area contributed by atoms with Crippen molar-refractivity contribution in [2.45, 2.75) is 25.5 Å². The number of aromatic nitrogens is 2. The zero-order valence-electron chi connectivity index (χ0n) is 11.1. The number of rotatable bonds is 2. The molecule has 0 aliphatic carbocycles. The Labute approximate surface area is 115 Å². The van der Waals surface area contributed by atoms with Crippen molar-refractivity contribution >= 4 is 16.9 Å². The molecule has 1 aliphatic heterocycles. The summed E-state index contributed by atoms with van der Waals surface area (Å²) in [5.41, 5.74) is 1.21. The number of benzene rings is 1. The van der Waals surface area contributed by atoms with Crippen LogP contribution in [0.4, 0.5) is 0 Å². The molecule has 2 heterocycles. The molecule has 1 amide bonds. The molecule has 1 aromatic heterocycles. The van der Waals surface area contributed by atoms with Crippen molar-refractivity contribution in [1.29, 1.82) is 0 Å². The molecule has 20 heavy (non-hydrogen) atoms. The predicted molar refractivity (Wildman–Crippen MR) is 74.4 cm³/mol. The van der Waals surface area contributed by atoms with Crippen molar-refractivity contribution in [3.63, 3.8) is 0 Å². The Hall–Kier alpha value is -2.08. The lowest BCUT2D eigenvalue weighted by Gasteiger charge is -2.29. The third-order valence-electron chi connectivity index (χ3n) is 3.79. The molecule has 1 saturated heterocycles. The molecule has 0 atom stereocenters. The van der Waals surface area contributed by atoms with Gasteiger partial charge in [0.2, 0.25) is 5.91 Å². The minimum Gasteiger partial charge on any atom is -0.393 e. The minimum absolute atomic E-state index is 0.0406. The normalized spacial score (nSPS) is 16.8. The molecule has 3 rings (SSSR count). The Morgan fingerprint density at radius 2 is 2.00 bits per heavy atom. The molecule has 1 fully saturated rings. The number of carbonyl (C=O) groups is 1. The summed E-state index contributed by atoms with van der Waals surface area (Å²) in [5.74, 6) is -0.0799. The van der Waals surface area contributed by atoms with Gasteiger partial charge >= 0.3 is 5.69 Å². The van der Waals surface area contributed by atoms with Gasteiger partial charge in [-0.05, 0) is 25.0 Å². The Bertz CT molecular complexity index is 680. The second-order valence-electron chi connectivity index (χ2n) is 5.15. The van der Waals surface area contributed by atoms with E-state index in [0.29, 0.717) is 25.9 Å². The molecule has 0 unspecified atom stereocenters. The number of amides is 1. The van der Waals surface area contributed by atoms with Crippen LogP contribution in [0.5, 0.6) is 0 Å². The molecule has 0 spiro atoms. The van der Waals surface area contributed by atoms with Crippen LogP contribution in [0.15, 0.2) is 29.1 Å². The van der Waals surface area contributed by atoms with Gasteiger partial charge in [-0.2, -0.15) is 0 Å². The Kier molecular flexibility index (Phi) is 3.31. The van der Waals surface area contributed by atoms with Crippen LogP contribution in [-0.2, 0) is 11.3 Å². The van der Waals surface area contributed by atoms with Gasteiger partial charge in [0.25, 0.3) is 0 Å². The first-order valence-corrected chi connectivity index (χ1v) is 6.78. The van der Waals surface area contributed by atoms with Gasteiger partial charge in [-0.15, -0.1) is 0 Å². The fourth-order valence-corrected chi connectivity index (χ4v) is 2.61. The van der Waals surface area contributed by atoms with Gasteiger partial charge in [-0.3, -0.25) is 9.36 Å². The maximum absolute atomic E-state index is 12.2. The highest BCUT2D eigenvalue weighted by Gasteiger charge is 2.22. The number of fused-ring (bicyclic) bond motifs is 1. The van der Waals surface area contributed by atoms with Crippen molar-refractivity contribution in [1.82, 2.24) is 14.5 Å². The monoisotopic (exact) mass is 275 g/mol. The van der Waals surface area contributed by atoms with Crippen molar-refractivity contribution in [3.05, 3.63) is 34.7 Å². The molecule has 6 heteroatoms. The van der Waals surface area contributed by atoms with Crippen LogP contribution in [-0.4, -0.2) is 44.7 Å². The summed E-state index contributed by atoms with van der Waals surface area (Å²) in [5, 5.41) is 9.45. The first-order chi connectivity index (χ1) is 9.65. The van der Waals surface area contributed by atoms with E-state index in [4.69, 9.17) is 0 Å². The summed E-state index contributed by atoms with van der Waals surface area (Å²) >= 11 is 0. The molecule has 0 radical (unpaired) electrons. The van der Waals surface area contributed by atoms with E-state index in [1.807, 2.05) is 24.3 Å². The van der Waals surface area contributed by atoms with E-state index in [-0.39, 0.29) is 24.2 Å². The van der Waals surface area contributed by atoms with Crippen molar-refractivity contribution < 1.29 is 9.90 Å². The summed E-state index contributed by atoms with van der Waals surface area (Å²) < 4.78 is 1.46. The van der Waals surface area contributed by atoms with Gasteiger partial charge in [-0.1, -0.05) is 12.1 Å². The van der Waals surface area contributed by atoms with Crippen LogP contribution in [0.2, 0.25) is 0 Å². The molecule has 6 nitrogen and oxygen atoms in total. The third kappa shape index (κ3) is 2.34. The number of carbonyl (C=O) groups excluding carboxylic acids is 1. The van der Waals surface area contributed by atoms with Gasteiger partial charge in [-0.25, -0.2) is 4.79 Å². The number of aliphatic hydroxyl groups is 1. The number of aliphatic hydroxyl groups excluding tert-OH is 1. The molecule has 0 saturated carbocycles. The highest BCUT2D eigenvalue weighted by Crippen LogP contribution is 2.12. The van der Waals surface area contributed by atoms with Gasteiger partial charge in [0.05, 0.1) is 17.1 Å². The van der Waals surface area contributed by atoms with Gasteiger partial charge in [0.1, 0.15) is 6.54 Å². The Morgan fingerprint density at radius 3 is 2.75 bits per heavy atom. The van der Waals surface area contributed by atoms with Crippen LogP contribution in [0.3, 0.4) is 0 Å². The zero-order valence-corrected chi connectivity index (χ0v) is 11.1. The van der Waals surface area contributed by atoms with E-state index in [9.17, 15) is 14.7 Å². The van der Waals surface area contributed by atoms with E-state index < -0.39 is 0 Å². The Morgan fingerprint density at radius 1 is 1.30 bits per heavy atom. The molecule has 1 aliphatic rings. The number of nitrogens with zero attached hydrogens (tertiary/aromatic N) is 2. The quantitative estimate of drug-likeness (QED) is 0.828. The van der Waals surface area contributed by atoms with Gasteiger partial charge in [0.15, 0.2) is 0 Å². The summed E-state index contributed by atoms with van der Waals surface area (Å²) in [7, 11) is 0. The summed E-state index contributed by atoms with van der Waals surface area (Å²) in [4.78, 5) is 28.6. The second kappa shape index (κ2) is 5.13. The summed E-state index contributed by atoms with van der Waals surface area (Å²) in [6, 6.07) is 7.32. The number of H-pyrrole nitrogens is 1. The number of imidazole rings is 1. The van der Waals surface area contributed by atoms with Crippen molar-refractivity contribution in [2.24, 2.45) is 0 Å². The highest BCUT2D eigenvalue weighted by atomic mass is 16.3. The average molecular weight is 275 g/mol. The molecule has 2 aromatic rings. The second-order valence-corrected chi connectivity index (χ2v) is 5.15. The number of piperidine rings is 1. The number of para-hydroxylation sites is 2. The van der Waals surface area contributed by atoms with E-state index >= 15 is 0 Å². The fraction of sp³-hybridized carbons (Fsp3) is 0.429. The Balaban J connectivity index is 1.81. The lowest BCUT2D eigenvalue weighted by atomic mass is 10.1. The molecule has 1 aromatic carbocycles. The van der Waals surface area contributed by atoms with Crippen LogP contribution < -0.4 is 5.69 Å². The minimum atomic E-state index is -0.310. The van der Waals surface area contributed by atoms with E-state index in [0.717, 1.165) is 11.0 Å². The number of nitrogens with one attached hydrogen (secondary N) is 1. The highest BCUT2D eigenvalue weighted by molar-refractivity contribution is 5.80. The maximum atomic E-state index is 12.2. The SMILES string of the molecule is O=C(Cn1c(=O)[nH]c2ccccc21)N1CCC(O)CC1. The average Bonchev–Trinajstić information content (AvgIpc) is 2.76. The lowest BCUT2D eigenvalue weighted by Crippen LogP contribution is -2.42. The van der Waals surface area contributed by atoms with Gasteiger partial charge < -0.3 is 15.0 Å². The summed E-state index contributed by atoms with van der Waals surface area (Å²) in [6.07, 6.45) is 0.901.